The zero-order valence-corrected chi connectivity index (χ0v) is 11.6. The lowest BCUT2D eigenvalue weighted by Crippen LogP contribution is -2.19. The van der Waals surface area contributed by atoms with Gasteiger partial charge in [-0.3, -0.25) is 0 Å². The lowest BCUT2D eigenvalue weighted by Gasteiger charge is -2.15. The fourth-order valence-electron chi connectivity index (χ4n) is 2.12. The molecule has 1 aromatic heterocycles. The number of aromatic nitrogens is 2. The summed E-state index contributed by atoms with van der Waals surface area (Å²) < 4.78 is 15.7. The Hall–Kier alpha value is -1.39. The first kappa shape index (κ1) is 14.0. The van der Waals surface area contributed by atoms with Crippen LogP contribution >= 0.6 is 11.6 Å². The molecular formula is C14H17ClFN3. The van der Waals surface area contributed by atoms with Crippen LogP contribution in [0, 0.1) is 5.82 Å². The van der Waals surface area contributed by atoms with Gasteiger partial charge in [0.1, 0.15) is 11.6 Å². The third-order valence-electron chi connectivity index (χ3n) is 3.03. The minimum Gasteiger partial charge on any atom is -0.334 e. The van der Waals surface area contributed by atoms with Crippen LogP contribution < -0.4 is 5.73 Å². The molecule has 1 unspecified atom stereocenters. The van der Waals surface area contributed by atoms with Crippen molar-refractivity contribution in [2.24, 2.45) is 5.73 Å². The minimum absolute atomic E-state index is 0.323. The van der Waals surface area contributed by atoms with Crippen molar-refractivity contribution in [2.75, 3.05) is 0 Å². The molecule has 0 saturated carbocycles. The van der Waals surface area contributed by atoms with Gasteiger partial charge in [-0.25, -0.2) is 9.37 Å². The van der Waals surface area contributed by atoms with Crippen LogP contribution in [0.2, 0.25) is 5.02 Å². The van der Waals surface area contributed by atoms with Gasteiger partial charge in [0, 0.05) is 29.5 Å². The van der Waals surface area contributed by atoms with Gasteiger partial charge >= 0.3 is 0 Å². The molecule has 0 aliphatic carbocycles. The fraction of sp³-hybridized carbons (Fsp3) is 0.357. The molecule has 1 atom stereocenters. The quantitative estimate of drug-likeness (QED) is 0.913. The topological polar surface area (TPSA) is 43.8 Å². The van der Waals surface area contributed by atoms with E-state index in [0.29, 0.717) is 17.0 Å². The molecule has 0 radical (unpaired) electrons. The highest BCUT2D eigenvalue weighted by Gasteiger charge is 2.17. The summed E-state index contributed by atoms with van der Waals surface area (Å²) in [7, 11) is 0. The Morgan fingerprint density at radius 2 is 2.26 bits per heavy atom. The number of imidazole rings is 1. The molecule has 0 bridgehead atoms. The van der Waals surface area contributed by atoms with Crippen LogP contribution in [0.25, 0.3) is 0 Å². The third-order valence-corrected chi connectivity index (χ3v) is 3.38. The summed E-state index contributed by atoms with van der Waals surface area (Å²) in [5, 5.41) is 0.407. The molecule has 102 valence electrons. The number of rotatable bonds is 5. The van der Waals surface area contributed by atoms with Crippen LogP contribution in [0.3, 0.4) is 0 Å². The van der Waals surface area contributed by atoms with E-state index in [1.165, 1.54) is 6.07 Å². The normalized spacial score (nSPS) is 12.6. The highest BCUT2D eigenvalue weighted by atomic mass is 35.5. The van der Waals surface area contributed by atoms with Crippen LogP contribution in [0.1, 0.15) is 30.8 Å². The molecule has 0 saturated heterocycles. The van der Waals surface area contributed by atoms with Crippen molar-refractivity contribution in [3.05, 3.63) is 52.8 Å². The van der Waals surface area contributed by atoms with Gasteiger partial charge in [0.2, 0.25) is 0 Å². The van der Waals surface area contributed by atoms with Gasteiger partial charge in [0.15, 0.2) is 0 Å². The van der Waals surface area contributed by atoms with Crippen LogP contribution in [0.15, 0.2) is 30.6 Å². The molecule has 3 nitrogen and oxygen atoms in total. The second-order valence-electron chi connectivity index (χ2n) is 4.49. The van der Waals surface area contributed by atoms with E-state index in [4.69, 9.17) is 17.3 Å². The summed E-state index contributed by atoms with van der Waals surface area (Å²) in [5.74, 6) is 0.442. The average Bonchev–Trinajstić information content (AvgIpc) is 2.83. The Morgan fingerprint density at radius 3 is 2.95 bits per heavy atom. The van der Waals surface area contributed by atoms with Crippen molar-refractivity contribution in [3.63, 3.8) is 0 Å². The van der Waals surface area contributed by atoms with Gasteiger partial charge in [-0.2, -0.15) is 0 Å². The maximum absolute atomic E-state index is 13.7. The zero-order chi connectivity index (χ0) is 13.8. The highest BCUT2D eigenvalue weighted by Crippen LogP contribution is 2.24. The smallest absolute Gasteiger partial charge is 0.127 e. The molecule has 0 aliphatic rings. The third kappa shape index (κ3) is 3.14. The van der Waals surface area contributed by atoms with Crippen LogP contribution in [-0.4, -0.2) is 9.55 Å². The van der Waals surface area contributed by atoms with Crippen molar-refractivity contribution in [1.82, 2.24) is 9.55 Å². The molecule has 5 heteroatoms. The van der Waals surface area contributed by atoms with E-state index in [1.54, 1.807) is 18.3 Å². The second-order valence-corrected chi connectivity index (χ2v) is 4.90. The number of benzene rings is 1. The number of hydrogen-bond donors (Lipinski definition) is 1. The van der Waals surface area contributed by atoms with E-state index in [2.05, 4.69) is 11.9 Å². The number of nitrogens with two attached hydrogens (primary N) is 1. The lowest BCUT2D eigenvalue weighted by molar-refractivity contribution is 0.553. The monoisotopic (exact) mass is 281 g/mol. The summed E-state index contributed by atoms with van der Waals surface area (Å²) in [4.78, 5) is 4.26. The van der Waals surface area contributed by atoms with E-state index in [0.717, 1.165) is 18.8 Å². The van der Waals surface area contributed by atoms with E-state index >= 15 is 0 Å². The number of halogens is 2. The number of aryl methyl sites for hydroxylation is 1. The molecular weight excluding hydrogens is 265 g/mol. The van der Waals surface area contributed by atoms with Crippen molar-refractivity contribution < 1.29 is 4.39 Å². The van der Waals surface area contributed by atoms with Crippen molar-refractivity contribution >= 4 is 11.6 Å². The maximum Gasteiger partial charge on any atom is 0.127 e. The summed E-state index contributed by atoms with van der Waals surface area (Å²) in [6.45, 7) is 2.94. The lowest BCUT2D eigenvalue weighted by atomic mass is 10.1. The molecule has 2 N–H and O–H groups in total. The largest absolute Gasteiger partial charge is 0.334 e. The average molecular weight is 282 g/mol. The maximum atomic E-state index is 13.7. The van der Waals surface area contributed by atoms with Crippen LogP contribution in [-0.2, 0) is 13.0 Å². The molecule has 2 rings (SSSR count). The Morgan fingerprint density at radius 1 is 1.47 bits per heavy atom. The Kier molecular flexibility index (Phi) is 4.56. The Bertz CT molecular complexity index is 533. The van der Waals surface area contributed by atoms with Crippen LogP contribution in [0.5, 0.6) is 0 Å². The summed E-state index contributed by atoms with van der Waals surface area (Å²) >= 11 is 6.01. The highest BCUT2D eigenvalue weighted by molar-refractivity contribution is 6.31. The zero-order valence-electron chi connectivity index (χ0n) is 10.8. The van der Waals surface area contributed by atoms with Crippen LogP contribution in [0.4, 0.5) is 4.39 Å². The summed E-state index contributed by atoms with van der Waals surface area (Å²) in [5.41, 5.74) is 6.58. The van der Waals surface area contributed by atoms with Gasteiger partial charge in [0.05, 0.1) is 6.04 Å². The van der Waals surface area contributed by atoms with Gasteiger partial charge in [-0.05, 0) is 25.0 Å². The molecule has 0 fully saturated rings. The first-order valence-corrected chi connectivity index (χ1v) is 6.70. The van der Waals surface area contributed by atoms with Gasteiger partial charge in [-0.15, -0.1) is 0 Å². The van der Waals surface area contributed by atoms with Gasteiger partial charge < -0.3 is 10.3 Å². The van der Waals surface area contributed by atoms with Crippen molar-refractivity contribution in [3.8, 4) is 0 Å². The van der Waals surface area contributed by atoms with E-state index in [-0.39, 0.29) is 11.9 Å². The SMILES string of the molecule is CCCn1ccnc1C(N)Cc1c(F)cccc1Cl. The molecule has 1 heterocycles. The predicted molar refractivity (Wildman–Crippen MR) is 74.6 cm³/mol. The van der Waals surface area contributed by atoms with Crippen molar-refractivity contribution in [1.29, 1.82) is 0 Å². The molecule has 0 spiro atoms. The van der Waals surface area contributed by atoms with Gasteiger partial charge in [-0.1, -0.05) is 24.6 Å². The minimum atomic E-state index is -0.365. The molecule has 2 aromatic rings. The first-order valence-electron chi connectivity index (χ1n) is 6.33. The molecule has 0 amide bonds. The van der Waals surface area contributed by atoms with Crippen molar-refractivity contribution in [2.45, 2.75) is 32.4 Å². The predicted octanol–water partition coefficient (Wildman–Crippen LogP) is 3.33. The van der Waals surface area contributed by atoms with E-state index in [1.807, 2.05) is 10.8 Å². The molecule has 1 aromatic carbocycles. The number of hydrogen-bond acceptors (Lipinski definition) is 2. The standard InChI is InChI=1S/C14H17ClFN3/c1-2-7-19-8-6-18-14(19)13(17)9-10-11(15)4-3-5-12(10)16/h3-6,8,13H,2,7,9,17H2,1H3. The molecule has 0 aliphatic heterocycles. The number of nitrogens with zero attached hydrogens (tertiary/aromatic N) is 2. The Labute approximate surface area is 117 Å². The van der Waals surface area contributed by atoms with E-state index in [9.17, 15) is 4.39 Å². The second kappa shape index (κ2) is 6.17. The summed E-state index contributed by atoms with van der Waals surface area (Å²) in [6, 6.07) is 4.29. The first-order chi connectivity index (χ1) is 9.13. The van der Waals surface area contributed by atoms with Gasteiger partial charge in [0.25, 0.3) is 0 Å². The van der Waals surface area contributed by atoms with E-state index < -0.39 is 0 Å². The summed E-state index contributed by atoms with van der Waals surface area (Å²) in [6.07, 6.45) is 4.94. The fourth-order valence-corrected chi connectivity index (χ4v) is 2.36. The molecule has 19 heavy (non-hydrogen) atoms. The Balaban J connectivity index is 2.21.